The Labute approximate surface area is 122 Å². The van der Waals surface area contributed by atoms with E-state index >= 15 is 0 Å². The van der Waals surface area contributed by atoms with Crippen LogP contribution in [-0.4, -0.2) is 33.9 Å². The highest BCUT2D eigenvalue weighted by Crippen LogP contribution is 2.26. The molecule has 0 saturated carbocycles. The molecule has 112 valence electrons. The van der Waals surface area contributed by atoms with E-state index < -0.39 is 31.2 Å². The summed E-state index contributed by atoms with van der Waals surface area (Å²) in [7, 11) is -7.19. The van der Waals surface area contributed by atoms with Crippen molar-refractivity contribution < 1.29 is 21.2 Å². The number of benzene rings is 1. The van der Waals surface area contributed by atoms with E-state index in [0.717, 1.165) is 18.2 Å². The molecule has 9 heteroatoms. The van der Waals surface area contributed by atoms with Gasteiger partial charge in [-0.1, -0.05) is 11.6 Å². The average Bonchev–Trinajstić information content (AvgIpc) is 2.55. The minimum Gasteiger partial charge on any atom is -0.229 e. The summed E-state index contributed by atoms with van der Waals surface area (Å²) >= 11 is 5.55. The van der Waals surface area contributed by atoms with Gasteiger partial charge in [-0.3, -0.25) is 0 Å². The van der Waals surface area contributed by atoms with Crippen molar-refractivity contribution in [1.29, 1.82) is 0 Å². The van der Waals surface area contributed by atoms with Crippen molar-refractivity contribution in [3.63, 3.8) is 0 Å². The van der Waals surface area contributed by atoms with Crippen molar-refractivity contribution in [2.24, 2.45) is 0 Å². The Hall–Kier alpha value is -0.700. The van der Waals surface area contributed by atoms with E-state index in [9.17, 15) is 21.2 Å². The number of sulfonamides is 1. The topological polar surface area (TPSA) is 80.3 Å². The van der Waals surface area contributed by atoms with Crippen LogP contribution in [-0.2, 0) is 19.9 Å². The van der Waals surface area contributed by atoms with Crippen LogP contribution in [0.25, 0.3) is 0 Å². The zero-order valence-electron chi connectivity index (χ0n) is 10.6. The first-order chi connectivity index (χ1) is 9.03. The van der Waals surface area contributed by atoms with Crippen molar-refractivity contribution >= 4 is 31.5 Å². The second kappa shape index (κ2) is 4.94. The highest BCUT2D eigenvalue weighted by atomic mass is 35.5. The molecule has 1 aliphatic rings. The first-order valence-corrected chi connectivity index (χ1v) is 9.41. The lowest BCUT2D eigenvalue weighted by molar-refractivity contribution is 0.461. The van der Waals surface area contributed by atoms with Gasteiger partial charge >= 0.3 is 0 Å². The van der Waals surface area contributed by atoms with Gasteiger partial charge in [0, 0.05) is 5.54 Å². The van der Waals surface area contributed by atoms with E-state index in [1.807, 2.05) is 0 Å². The molecule has 1 aliphatic heterocycles. The molecule has 1 saturated heterocycles. The molecular formula is C11H13ClFNO4S2. The van der Waals surface area contributed by atoms with E-state index in [1.165, 1.54) is 6.92 Å². The van der Waals surface area contributed by atoms with Gasteiger partial charge in [-0.25, -0.2) is 25.9 Å². The van der Waals surface area contributed by atoms with Gasteiger partial charge in [0.1, 0.15) is 5.82 Å². The lowest BCUT2D eigenvalue weighted by atomic mass is 10.0. The van der Waals surface area contributed by atoms with E-state index in [2.05, 4.69) is 4.72 Å². The highest BCUT2D eigenvalue weighted by Gasteiger charge is 2.41. The highest BCUT2D eigenvalue weighted by molar-refractivity contribution is 7.92. The molecule has 5 nitrogen and oxygen atoms in total. The largest absolute Gasteiger partial charge is 0.241 e. The molecule has 2 rings (SSSR count). The van der Waals surface area contributed by atoms with Crippen LogP contribution >= 0.6 is 11.6 Å². The Morgan fingerprint density at radius 2 is 2.05 bits per heavy atom. The summed E-state index contributed by atoms with van der Waals surface area (Å²) in [6.45, 7) is 1.53. The minimum atomic E-state index is -3.96. The lowest BCUT2D eigenvalue weighted by Crippen LogP contribution is -2.46. The minimum absolute atomic E-state index is 0.0593. The molecule has 1 aromatic rings. The van der Waals surface area contributed by atoms with Crippen molar-refractivity contribution in [3.8, 4) is 0 Å². The maximum absolute atomic E-state index is 13.0. The third kappa shape index (κ3) is 3.30. The second-order valence-electron chi connectivity index (χ2n) is 5.08. The Morgan fingerprint density at radius 1 is 1.40 bits per heavy atom. The van der Waals surface area contributed by atoms with Crippen LogP contribution < -0.4 is 4.72 Å². The SMILES string of the molecule is C[C@@]1(NS(=O)(=O)c2ccc(F)c(Cl)c2)CCS(=O)(=O)C1. The summed E-state index contributed by atoms with van der Waals surface area (Å²) in [5, 5.41) is -0.308. The number of sulfone groups is 1. The van der Waals surface area contributed by atoms with Crippen LogP contribution in [0.5, 0.6) is 0 Å². The molecule has 1 fully saturated rings. The maximum Gasteiger partial charge on any atom is 0.241 e. The van der Waals surface area contributed by atoms with E-state index in [4.69, 9.17) is 11.6 Å². The summed E-state index contributed by atoms with van der Waals surface area (Å²) in [6, 6.07) is 3.02. The molecule has 20 heavy (non-hydrogen) atoms. The fraction of sp³-hybridized carbons (Fsp3) is 0.455. The normalized spacial score (nSPS) is 25.8. The molecule has 0 aliphatic carbocycles. The first kappa shape index (κ1) is 15.7. The Kier molecular flexibility index (Phi) is 3.87. The molecular weight excluding hydrogens is 329 g/mol. The molecule has 0 spiro atoms. The second-order valence-corrected chi connectivity index (χ2v) is 9.36. The Bertz CT molecular complexity index is 748. The number of rotatable bonds is 3. The molecule has 0 radical (unpaired) electrons. The molecule has 1 heterocycles. The molecule has 1 N–H and O–H groups in total. The lowest BCUT2D eigenvalue weighted by Gasteiger charge is -2.23. The molecule has 0 amide bonds. The van der Waals surface area contributed by atoms with Gasteiger partial charge in [0.05, 0.1) is 21.4 Å². The molecule has 0 bridgehead atoms. The molecule has 0 unspecified atom stereocenters. The van der Waals surface area contributed by atoms with Gasteiger partial charge < -0.3 is 0 Å². The number of hydrogen-bond donors (Lipinski definition) is 1. The summed E-state index contributed by atoms with van der Waals surface area (Å²) in [5.41, 5.74) is -1.06. The summed E-state index contributed by atoms with van der Waals surface area (Å²) in [4.78, 5) is -0.200. The van der Waals surface area contributed by atoms with Gasteiger partial charge in [0.15, 0.2) is 9.84 Å². The number of halogens is 2. The Balaban J connectivity index is 2.30. The van der Waals surface area contributed by atoms with Crippen LogP contribution in [0.1, 0.15) is 13.3 Å². The Morgan fingerprint density at radius 3 is 2.55 bits per heavy atom. The standard InChI is InChI=1S/C11H13ClFNO4S2/c1-11(4-5-19(15,16)7-11)14-20(17,18)8-2-3-10(13)9(12)6-8/h2-3,6,14H,4-5,7H2,1H3/t11-/m1/s1. The fourth-order valence-corrected chi connectivity index (χ4v) is 6.01. The third-order valence-corrected chi connectivity index (χ3v) is 6.91. The van der Waals surface area contributed by atoms with Crippen molar-refractivity contribution in [1.82, 2.24) is 4.72 Å². The van der Waals surface area contributed by atoms with Crippen LogP contribution in [0, 0.1) is 5.82 Å². The monoisotopic (exact) mass is 341 g/mol. The predicted molar refractivity (Wildman–Crippen MR) is 73.4 cm³/mol. The number of hydrogen-bond acceptors (Lipinski definition) is 4. The molecule has 1 atom stereocenters. The van der Waals surface area contributed by atoms with Crippen LogP contribution in [0.4, 0.5) is 4.39 Å². The third-order valence-electron chi connectivity index (χ3n) is 3.09. The predicted octanol–water partition coefficient (Wildman–Crippen LogP) is 1.33. The summed E-state index contributed by atoms with van der Waals surface area (Å²) in [6.07, 6.45) is 0.198. The molecule has 0 aromatic heterocycles. The maximum atomic E-state index is 13.0. The average molecular weight is 342 g/mol. The summed E-state index contributed by atoms with van der Waals surface area (Å²) < 4.78 is 62.7. The van der Waals surface area contributed by atoms with Crippen molar-refractivity contribution in [3.05, 3.63) is 29.0 Å². The van der Waals surface area contributed by atoms with Gasteiger partial charge in [-0.05, 0) is 31.5 Å². The fourth-order valence-electron chi connectivity index (χ4n) is 2.12. The van der Waals surface area contributed by atoms with Gasteiger partial charge in [-0.15, -0.1) is 0 Å². The van der Waals surface area contributed by atoms with Crippen molar-refractivity contribution in [2.75, 3.05) is 11.5 Å². The van der Waals surface area contributed by atoms with Gasteiger partial charge in [0.25, 0.3) is 0 Å². The summed E-state index contributed by atoms with van der Waals surface area (Å²) in [5.74, 6) is -1.04. The van der Waals surface area contributed by atoms with Crippen molar-refractivity contribution in [2.45, 2.75) is 23.8 Å². The van der Waals surface area contributed by atoms with Crippen LogP contribution in [0.2, 0.25) is 5.02 Å². The number of nitrogens with one attached hydrogen (secondary N) is 1. The van der Waals surface area contributed by atoms with E-state index in [0.29, 0.717) is 0 Å². The smallest absolute Gasteiger partial charge is 0.229 e. The van der Waals surface area contributed by atoms with Crippen LogP contribution in [0.15, 0.2) is 23.1 Å². The van der Waals surface area contributed by atoms with Gasteiger partial charge in [0.2, 0.25) is 10.0 Å². The quantitative estimate of drug-likeness (QED) is 0.899. The zero-order chi connectivity index (χ0) is 15.2. The van der Waals surface area contributed by atoms with Gasteiger partial charge in [-0.2, -0.15) is 0 Å². The first-order valence-electron chi connectivity index (χ1n) is 5.73. The van der Waals surface area contributed by atoms with Crippen LogP contribution in [0.3, 0.4) is 0 Å². The van der Waals surface area contributed by atoms with E-state index in [1.54, 1.807) is 0 Å². The zero-order valence-corrected chi connectivity index (χ0v) is 12.9. The molecule has 1 aromatic carbocycles. The van der Waals surface area contributed by atoms with E-state index in [-0.39, 0.29) is 27.8 Å².